The number of ether oxygens (including phenoxy) is 1. The Labute approximate surface area is 125 Å². The molecule has 1 heterocycles. The van der Waals surface area contributed by atoms with Crippen LogP contribution in [0.3, 0.4) is 0 Å². The van der Waals surface area contributed by atoms with E-state index < -0.39 is 0 Å². The Hall–Kier alpha value is -1.88. The monoisotopic (exact) mass is 290 g/mol. The summed E-state index contributed by atoms with van der Waals surface area (Å²) in [6, 6.07) is 9.55. The summed E-state index contributed by atoms with van der Waals surface area (Å²) in [5.41, 5.74) is 1.01. The van der Waals surface area contributed by atoms with Crippen LogP contribution in [0.25, 0.3) is 0 Å². The number of hydrogen-bond acceptors (Lipinski definition) is 4. The molecule has 1 saturated carbocycles. The molecule has 0 atom stereocenters. The van der Waals surface area contributed by atoms with Gasteiger partial charge in [-0.25, -0.2) is 0 Å². The SMILES string of the molecule is O=C(C1CC1)N1CCNCC1.O=COCc1ccccc1. The molecule has 1 aliphatic carbocycles. The minimum atomic E-state index is 0.365. The molecular weight excluding hydrogens is 268 g/mol. The zero-order valence-corrected chi connectivity index (χ0v) is 12.2. The predicted octanol–water partition coefficient (Wildman–Crippen LogP) is 1.19. The second-order valence-electron chi connectivity index (χ2n) is 5.24. The highest BCUT2D eigenvalue weighted by atomic mass is 16.5. The van der Waals surface area contributed by atoms with Gasteiger partial charge in [0.2, 0.25) is 5.91 Å². The molecule has 21 heavy (non-hydrogen) atoms. The van der Waals surface area contributed by atoms with Gasteiger partial charge in [-0.1, -0.05) is 30.3 Å². The molecule has 0 unspecified atom stereocenters. The molecule has 1 aliphatic heterocycles. The number of rotatable bonds is 4. The lowest BCUT2D eigenvalue weighted by molar-refractivity contribution is -0.133. The highest BCUT2D eigenvalue weighted by Gasteiger charge is 2.33. The minimum absolute atomic E-state index is 0.365. The first kappa shape index (κ1) is 15.5. The number of hydrogen-bond donors (Lipinski definition) is 1. The average molecular weight is 290 g/mol. The van der Waals surface area contributed by atoms with E-state index >= 15 is 0 Å². The Bertz CT molecular complexity index is 440. The first-order chi connectivity index (χ1) is 10.3. The third-order valence-electron chi connectivity index (χ3n) is 3.52. The quantitative estimate of drug-likeness (QED) is 0.846. The summed E-state index contributed by atoms with van der Waals surface area (Å²) < 4.78 is 4.54. The van der Waals surface area contributed by atoms with E-state index in [1.165, 1.54) is 0 Å². The lowest BCUT2D eigenvalue weighted by Gasteiger charge is -2.27. The number of nitrogens with one attached hydrogen (secondary N) is 1. The summed E-state index contributed by atoms with van der Waals surface area (Å²) in [4.78, 5) is 23.2. The highest BCUT2D eigenvalue weighted by molar-refractivity contribution is 5.81. The lowest BCUT2D eigenvalue weighted by Crippen LogP contribution is -2.46. The summed E-state index contributed by atoms with van der Waals surface area (Å²) in [7, 11) is 0. The number of amides is 1. The van der Waals surface area contributed by atoms with Crippen LogP contribution in [0.5, 0.6) is 0 Å². The Morgan fingerprint density at radius 1 is 1.24 bits per heavy atom. The predicted molar refractivity (Wildman–Crippen MR) is 79.5 cm³/mol. The Morgan fingerprint density at radius 2 is 1.90 bits per heavy atom. The fourth-order valence-electron chi connectivity index (χ4n) is 2.18. The molecule has 114 valence electrons. The highest BCUT2D eigenvalue weighted by Crippen LogP contribution is 2.30. The maximum atomic E-state index is 11.5. The van der Waals surface area contributed by atoms with Crippen LogP contribution in [0, 0.1) is 5.92 Å². The normalized spacial score (nSPS) is 17.4. The van der Waals surface area contributed by atoms with E-state index in [2.05, 4.69) is 10.1 Å². The molecule has 5 heteroatoms. The van der Waals surface area contributed by atoms with E-state index in [4.69, 9.17) is 0 Å². The molecule has 1 aromatic carbocycles. The molecule has 5 nitrogen and oxygen atoms in total. The Balaban J connectivity index is 0.000000155. The van der Waals surface area contributed by atoms with Gasteiger partial charge >= 0.3 is 0 Å². The third kappa shape index (κ3) is 5.55. The molecular formula is C16H22N2O3. The van der Waals surface area contributed by atoms with Crippen LogP contribution in [0.1, 0.15) is 18.4 Å². The minimum Gasteiger partial charge on any atom is -0.463 e. The number of carbonyl (C=O) groups excluding carboxylic acids is 2. The van der Waals surface area contributed by atoms with Crippen LogP contribution in [0.15, 0.2) is 30.3 Å². The van der Waals surface area contributed by atoms with Crippen LogP contribution in [0.2, 0.25) is 0 Å². The molecule has 0 bridgehead atoms. The molecule has 1 saturated heterocycles. The Kier molecular flexibility index (Phi) is 6.22. The van der Waals surface area contributed by atoms with E-state index in [1.807, 2.05) is 35.2 Å². The second kappa shape index (κ2) is 8.42. The van der Waals surface area contributed by atoms with Crippen molar-refractivity contribution in [2.24, 2.45) is 5.92 Å². The van der Waals surface area contributed by atoms with Crippen LogP contribution >= 0.6 is 0 Å². The van der Waals surface area contributed by atoms with Crippen molar-refractivity contribution in [3.63, 3.8) is 0 Å². The van der Waals surface area contributed by atoms with E-state index in [1.54, 1.807) is 0 Å². The van der Waals surface area contributed by atoms with E-state index in [9.17, 15) is 9.59 Å². The van der Waals surface area contributed by atoms with Crippen LogP contribution in [0.4, 0.5) is 0 Å². The molecule has 1 N–H and O–H groups in total. The van der Waals surface area contributed by atoms with Gasteiger partial charge < -0.3 is 15.0 Å². The van der Waals surface area contributed by atoms with Crippen molar-refractivity contribution in [2.45, 2.75) is 19.4 Å². The van der Waals surface area contributed by atoms with Crippen molar-refractivity contribution in [1.82, 2.24) is 10.2 Å². The van der Waals surface area contributed by atoms with Gasteiger partial charge in [0.25, 0.3) is 6.47 Å². The summed E-state index contributed by atoms with van der Waals surface area (Å²) in [6.07, 6.45) is 2.26. The average Bonchev–Trinajstić information content (AvgIpc) is 3.40. The number of benzene rings is 1. The van der Waals surface area contributed by atoms with Crippen molar-refractivity contribution in [2.75, 3.05) is 26.2 Å². The zero-order chi connectivity index (χ0) is 14.9. The smallest absolute Gasteiger partial charge is 0.293 e. The number of nitrogens with zero attached hydrogens (tertiary/aromatic N) is 1. The van der Waals surface area contributed by atoms with E-state index in [0.29, 0.717) is 24.9 Å². The van der Waals surface area contributed by atoms with E-state index in [-0.39, 0.29) is 0 Å². The Morgan fingerprint density at radius 3 is 2.48 bits per heavy atom. The third-order valence-corrected chi connectivity index (χ3v) is 3.52. The first-order valence-electron chi connectivity index (χ1n) is 7.40. The maximum absolute atomic E-state index is 11.5. The van der Waals surface area contributed by atoms with Gasteiger partial charge in [0.05, 0.1) is 0 Å². The molecule has 0 aromatic heterocycles. The molecule has 2 fully saturated rings. The second-order valence-corrected chi connectivity index (χ2v) is 5.24. The molecule has 1 aromatic rings. The van der Waals surface area contributed by atoms with Crippen LogP contribution in [-0.4, -0.2) is 43.5 Å². The number of piperazine rings is 1. The summed E-state index contributed by atoms with van der Waals surface area (Å²) in [5.74, 6) is 0.791. The van der Waals surface area contributed by atoms with Crippen LogP contribution < -0.4 is 5.32 Å². The summed E-state index contributed by atoms with van der Waals surface area (Å²) in [5, 5.41) is 3.24. The fourth-order valence-corrected chi connectivity index (χ4v) is 2.18. The topological polar surface area (TPSA) is 58.6 Å². The largest absolute Gasteiger partial charge is 0.463 e. The number of carbonyl (C=O) groups is 2. The van der Waals surface area contributed by atoms with Crippen molar-refractivity contribution in [3.05, 3.63) is 35.9 Å². The van der Waals surface area contributed by atoms with Gasteiger partial charge in [-0.2, -0.15) is 0 Å². The van der Waals surface area contributed by atoms with Crippen molar-refractivity contribution in [3.8, 4) is 0 Å². The van der Waals surface area contributed by atoms with Crippen LogP contribution in [-0.2, 0) is 20.9 Å². The zero-order valence-electron chi connectivity index (χ0n) is 12.2. The van der Waals surface area contributed by atoms with Gasteiger partial charge in [0.1, 0.15) is 6.61 Å². The molecule has 2 aliphatic rings. The first-order valence-corrected chi connectivity index (χ1v) is 7.40. The molecule has 0 spiro atoms. The molecule has 1 amide bonds. The molecule has 3 rings (SSSR count). The molecule has 0 radical (unpaired) electrons. The van der Waals surface area contributed by atoms with Crippen molar-refractivity contribution < 1.29 is 14.3 Å². The summed E-state index contributed by atoms with van der Waals surface area (Å²) >= 11 is 0. The maximum Gasteiger partial charge on any atom is 0.293 e. The van der Waals surface area contributed by atoms with Gasteiger partial charge in [-0.15, -0.1) is 0 Å². The lowest BCUT2D eigenvalue weighted by atomic mass is 10.2. The van der Waals surface area contributed by atoms with E-state index in [0.717, 1.165) is 44.6 Å². The van der Waals surface area contributed by atoms with Crippen molar-refractivity contribution in [1.29, 1.82) is 0 Å². The van der Waals surface area contributed by atoms with Gasteiger partial charge in [0, 0.05) is 32.1 Å². The standard InChI is InChI=1S/C8H14N2O.C8H8O2/c11-8(7-1-2-7)10-5-3-9-4-6-10;9-7-10-6-8-4-2-1-3-5-8/h7,9H,1-6H2;1-5,7H,6H2. The fraction of sp³-hybridized carbons (Fsp3) is 0.500. The summed E-state index contributed by atoms with van der Waals surface area (Å²) in [6.45, 7) is 4.58. The van der Waals surface area contributed by atoms with Gasteiger partial charge in [-0.05, 0) is 18.4 Å². The van der Waals surface area contributed by atoms with Crippen molar-refractivity contribution >= 4 is 12.4 Å². The van der Waals surface area contributed by atoms with Gasteiger partial charge in [-0.3, -0.25) is 9.59 Å². The van der Waals surface area contributed by atoms with Gasteiger partial charge in [0.15, 0.2) is 0 Å².